The number of esters is 1. The average Bonchev–Trinajstić information content (AvgIpc) is 3.04. The van der Waals surface area contributed by atoms with Gasteiger partial charge in [0.15, 0.2) is 6.61 Å². The molecule has 2 atom stereocenters. The summed E-state index contributed by atoms with van der Waals surface area (Å²) in [6.45, 7) is 6.55. The molecule has 7 heteroatoms. The second kappa shape index (κ2) is 7.70. The van der Waals surface area contributed by atoms with Crippen molar-refractivity contribution in [3.8, 4) is 5.69 Å². The lowest BCUT2D eigenvalue weighted by Gasteiger charge is -2.35. The van der Waals surface area contributed by atoms with Crippen molar-refractivity contribution in [3.63, 3.8) is 0 Å². The maximum atomic E-state index is 12.3. The number of aryl methyl sites for hydroxylation is 1. The molecule has 1 saturated heterocycles. The quantitative estimate of drug-likeness (QED) is 0.782. The molecule has 1 aromatic carbocycles. The molecule has 7 nitrogen and oxygen atoms in total. The highest BCUT2D eigenvalue weighted by Crippen LogP contribution is 2.13. The standard InChI is InChI=1S/C19H23N3O4/c1-13-8-9-20-22(13)17-6-4-16(5-7-17)19(24)25-12-18(23)21-10-14(2)26-15(3)11-21/h4-9,14-15H,10-12H2,1-3H3/t14-,15+. The number of carbonyl (C=O) groups excluding carboxylic acids is 2. The Morgan fingerprint density at radius 1 is 1.15 bits per heavy atom. The van der Waals surface area contributed by atoms with Gasteiger partial charge in [-0.1, -0.05) is 0 Å². The first-order valence-electron chi connectivity index (χ1n) is 8.65. The highest BCUT2D eigenvalue weighted by atomic mass is 16.5. The van der Waals surface area contributed by atoms with E-state index < -0.39 is 5.97 Å². The Morgan fingerprint density at radius 3 is 2.38 bits per heavy atom. The monoisotopic (exact) mass is 357 g/mol. The second-order valence-corrected chi connectivity index (χ2v) is 6.56. The molecular formula is C19H23N3O4. The molecular weight excluding hydrogens is 334 g/mol. The third-order valence-electron chi connectivity index (χ3n) is 4.28. The Kier molecular flexibility index (Phi) is 5.37. The smallest absolute Gasteiger partial charge is 0.338 e. The summed E-state index contributed by atoms with van der Waals surface area (Å²) >= 11 is 0. The number of rotatable bonds is 4. The topological polar surface area (TPSA) is 73.7 Å². The zero-order chi connectivity index (χ0) is 18.7. The van der Waals surface area contributed by atoms with Crippen molar-refractivity contribution in [2.45, 2.75) is 33.0 Å². The summed E-state index contributed by atoms with van der Waals surface area (Å²) in [5, 5.41) is 4.22. The minimum Gasteiger partial charge on any atom is -0.452 e. The van der Waals surface area contributed by atoms with Crippen molar-refractivity contribution in [1.29, 1.82) is 0 Å². The number of amides is 1. The van der Waals surface area contributed by atoms with Crippen LogP contribution in [0.4, 0.5) is 0 Å². The number of carbonyl (C=O) groups is 2. The van der Waals surface area contributed by atoms with Crippen LogP contribution in [0.25, 0.3) is 5.69 Å². The molecule has 3 rings (SSSR count). The predicted molar refractivity (Wildman–Crippen MR) is 95.2 cm³/mol. The minimum absolute atomic E-state index is 0.0169. The van der Waals surface area contributed by atoms with E-state index >= 15 is 0 Å². The molecule has 26 heavy (non-hydrogen) atoms. The first-order chi connectivity index (χ1) is 12.4. The molecule has 0 bridgehead atoms. The lowest BCUT2D eigenvalue weighted by Crippen LogP contribution is -2.49. The number of hydrogen-bond acceptors (Lipinski definition) is 5. The van der Waals surface area contributed by atoms with Crippen molar-refractivity contribution in [3.05, 3.63) is 47.8 Å². The molecule has 1 amide bonds. The Labute approximate surface area is 152 Å². The van der Waals surface area contributed by atoms with E-state index in [0.717, 1.165) is 11.4 Å². The molecule has 1 aliphatic heterocycles. The Balaban J connectivity index is 1.56. The highest BCUT2D eigenvalue weighted by Gasteiger charge is 2.26. The van der Waals surface area contributed by atoms with E-state index in [9.17, 15) is 9.59 Å². The molecule has 0 unspecified atom stereocenters. The summed E-state index contributed by atoms with van der Waals surface area (Å²) in [5.74, 6) is -0.722. The summed E-state index contributed by atoms with van der Waals surface area (Å²) in [4.78, 5) is 26.1. The van der Waals surface area contributed by atoms with Crippen molar-refractivity contribution in [1.82, 2.24) is 14.7 Å². The SMILES string of the molecule is Cc1ccnn1-c1ccc(C(=O)OCC(=O)N2C[C@@H](C)O[C@@H](C)C2)cc1. The maximum absolute atomic E-state index is 12.3. The van der Waals surface area contributed by atoms with Gasteiger partial charge in [-0.3, -0.25) is 4.79 Å². The molecule has 1 aliphatic rings. The van der Waals surface area contributed by atoms with Crippen LogP contribution in [0.3, 0.4) is 0 Å². The van der Waals surface area contributed by atoms with E-state index in [-0.39, 0.29) is 24.7 Å². The zero-order valence-electron chi connectivity index (χ0n) is 15.2. The molecule has 0 spiro atoms. The number of benzene rings is 1. The first kappa shape index (κ1) is 18.1. The Morgan fingerprint density at radius 2 is 1.81 bits per heavy atom. The third kappa shape index (κ3) is 4.11. The molecule has 0 saturated carbocycles. The normalized spacial score (nSPS) is 20.0. The molecule has 1 aromatic heterocycles. The van der Waals surface area contributed by atoms with Crippen LogP contribution in [-0.2, 0) is 14.3 Å². The molecule has 2 heterocycles. The number of hydrogen-bond donors (Lipinski definition) is 0. The summed E-state index contributed by atoms with van der Waals surface area (Å²) < 4.78 is 12.6. The number of nitrogens with zero attached hydrogens (tertiary/aromatic N) is 3. The average molecular weight is 357 g/mol. The van der Waals surface area contributed by atoms with E-state index in [2.05, 4.69) is 5.10 Å². The van der Waals surface area contributed by atoms with Crippen LogP contribution in [0, 0.1) is 6.92 Å². The lowest BCUT2D eigenvalue weighted by molar-refractivity contribution is -0.146. The highest BCUT2D eigenvalue weighted by molar-refractivity contribution is 5.91. The van der Waals surface area contributed by atoms with E-state index in [1.165, 1.54) is 0 Å². The van der Waals surface area contributed by atoms with Crippen molar-refractivity contribution in [2.24, 2.45) is 0 Å². The van der Waals surface area contributed by atoms with E-state index in [0.29, 0.717) is 18.7 Å². The van der Waals surface area contributed by atoms with E-state index in [1.54, 1.807) is 40.0 Å². The van der Waals surface area contributed by atoms with Gasteiger partial charge in [0, 0.05) is 25.0 Å². The van der Waals surface area contributed by atoms with Gasteiger partial charge >= 0.3 is 5.97 Å². The van der Waals surface area contributed by atoms with Gasteiger partial charge in [-0.15, -0.1) is 0 Å². The van der Waals surface area contributed by atoms with E-state index in [4.69, 9.17) is 9.47 Å². The third-order valence-corrected chi connectivity index (χ3v) is 4.28. The molecule has 0 radical (unpaired) electrons. The summed E-state index contributed by atoms with van der Waals surface area (Å²) in [7, 11) is 0. The zero-order valence-corrected chi connectivity index (χ0v) is 15.2. The Bertz CT molecular complexity index is 774. The summed E-state index contributed by atoms with van der Waals surface area (Å²) in [5.41, 5.74) is 2.26. The van der Waals surface area contributed by atoms with Crippen LogP contribution >= 0.6 is 0 Å². The number of aromatic nitrogens is 2. The van der Waals surface area contributed by atoms with Crippen molar-refractivity contribution < 1.29 is 19.1 Å². The largest absolute Gasteiger partial charge is 0.452 e. The van der Waals surface area contributed by atoms with Gasteiger partial charge in [0.05, 0.1) is 23.5 Å². The summed E-state index contributed by atoms with van der Waals surface area (Å²) in [6, 6.07) is 8.83. The molecule has 0 aliphatic carbocycles. The van der Waals surface area contributed by atoms with Crippen LogP contribution in [0.15, 0.2) is 36.5 Å². The second-order valence-electron chi connectivity index (χ2n) is 6.56. The fraction of sp³-hybridized carbons (Fsp3) is 0.421. The van der Waals surface area contributed by atoms with Gasteiger partial charge in [-0.2, -0.15) is 5.10 Å². The van der Waals surface area contributed by atoms with Gasteiger partial charge < -0.3 is 14.4 Å². The van der Waals surface area contributed by atoms with Crippen LogP contribution in [0.2, 0.25) is 0 Å². The molecule has 2 aromatic rings. The van der Waals surface area contributed by atoms with Gasteiger partial charge in [0.2, 0.25) is 0 Å². The molecule has 1 fully saturated rings. The first-order valence-corrected chi connectivity index (χ1v) is 8.65. The number of ether oxygens (including phenoxy) is 2. The van der Waals surface area contributed by atoms with Gasteiger partial charge in [-0.05, 0) is 51.1 Å². The lowest BCUT2D eigenvalue weighted by atomic mass is 10.2. The van der Waals surface area contributed by atoms with E-state index in [1.807, 2.05) is 26.8 Å². The van der Waals surface area contributed by atoms with Crippen LogP contribution in [-0.4, -0.2) is 58.5 Å². The van der Waals surface area contributed by atoms with Gasteiger partial charge in [0.25, 0.3) is 5.91 Å². The molecule has 0 N–H and O–H groups in total. The minimum atomic E-state index is -0.517. The predicted octanol–water partition coefficient (Wildman–Crippen LogP) is 1.97. The van der Waals surface area contributed by atoms with Crippen LogP contribution in [0.1, 0.15) is 29.9 Å². The molecule has 138 valence electrons. The van der Waals surface area contributed by atoms with Crippen LogP contribution < -0.4 is 0 Å². The Hall–Kier alpha value is -2.67. The van der Waals surface area contributed by atoms with Gasteiger partial charge in [0.1, 0.15) is 0 Å². The van der Waals surface area contributed by atoms with Gasteiger partial charge in [-0.25, -0.2) is 9.48 Å². The fourth-order valence-corrected chi connectivity index (χ4v) is 3.06. The van der Waals surface area contributed by atoms with Crippen molar-refractivity contribution >= 4 is 11.9 Å². The van der Waals surface area contributed by atoms with Crippen LogP contribution in [0.5, 0.6) is 0 Å². The summed E-state index contributed by atoms with van der Waals surface area (Å²) in [6.07, 6.45) is 1.68. The van der Waals surface area contributed by atoms with Crippen molar-refractivity contribution in [2.75, 3.05) is 19.7 Å². The number of morpholine rings is 1. The maximum Gasteiger partial charge on any atom is 0.338 e. The fourth-order valence-electron chi connectivity index (χ4n) is 3.06.